The molecule has 2 aromatic carbocycles. The number of nitrogens with one attached hydrogen (secondary N) is 1. The van der Waals surface area contributed by atoms with E-state index in [2.05, 4.69) is 36.2 Å². The van der Waals surface area contributed by atoms with Gasteiger partial charge in [-0.05, 0) is 60.6 Å². The van der Waals surface area contributed by atoms with Crippen LogP contribution in [-0.4, -0.2) is 16.4 Å². The summed E-state index contributed by atoms with van der Waals surface area (Å²) in [5.41, 5.74) is 5.42. The molecule has 3 heteroatoms. The Morgan fingerprint density at radius 3 is 2.52 bits per heavy atom. The largest absolute Gasteiger partial charge is 0.385 e. The molecule has 1 aromatic heterocycles. The number of aliphatic hydroxyl groups is 1. The summed E-state index contributed by atoms with van der Waals surface area (Å²) < 4.78 is 0. The second-order valence-corrected chi connectivity index (χ2v) is 6.54. The number of rotatable bonds is 3. The lowest BCUT2D eigenvalue weighted by molar-refractivity contribution is -0.0387. The van der Waals surface area contributed by atoms with E-state index in [9.17, 15) is 9.90 Å². The van der Waals surface area contributed by atoms with Crippen molar-refractivity contribution in [2.75, 3.05) is 0 Å². The van der Waals surface area contributed by atoms with Gasteiger partial charge in [-0.25, -0.2) is 0 Å². The highest BCUT2D eigenvalue weighted by molar-refractivity contribution is 5.99. The predicted molar refractivity (Wildman–Crippen MR) is 91.6 cm³/mol. The van der Waals surface area contributed by atoms with Crippen LogP contribution in [0.4, 0.5) is 0 Å². The Morgan fingerprint density at radius 1 is 1.17 bits per heavy atom. The van der Waals surface area contributed by atoms with Crippen LogP contribution < -0.4 is 0 Å². The van der Waals surface area contributed by atoms with Crippen molar-refractivity contribution in [3.05, 3.63) is 59.3 Å². The topological polar surface area (TPSA) is 53.1 Å². The van der Waals surface area contributed by atoms with Crippen LogP contribution in [0.3, 0.4) is 0 Å². The Balaban J connectivity index is 1.78. The number of hydrogen-bond acceptors (Lipinski definition) is 2. The summed E-state index contributed by atoms with van der Waals surface area (Å²) in [6.45, 7) is 2.07. The van der Waals surface area contributed by atoms with E-state index < -0.39 is 5.60 Å². The fraction of sp³-hybridized carbons (Fsp3) is 0.250. The Bertz CT molecular complexity index is 886. The molecule has 0 unspecified atom stereocenters. The molecule has 0 bridgehead atoms. The molecule has 0 aliphatic heterocycles. The number of aldehydes is 1. The second kappa shape index (κ2) is 5.07. The van der Waals surface area contributed by atoms with Crippen molar-refractivity contribution >= 4 is 17.2 Å². The molecule has 1 aliphatic carbocycles. The molecular formula is C20H19NO2. The van der Waals surface area contributed by atoms with Gasteiger partial charge in [0.2, 0.25) is 0 Å². The van der Waals surface area contributed by atoms with Gasteiger partial charge in [-0.3, -0.25) is 4.79 Å². The van der Waals surface area contributed by atoms with Crippen LogP contribution in [0.15, 0.2) is 42.6 Å². The van der Waals surface area contributed by atoms with Gasteiger partial charge in [-0.1, -0.05) is 24.3 Å². The number of carbonyl (C=O) groups excluding carboxylic acids is 1. The quantitative estimate of drug-likeness (QED) is 0.708. The third-order valence-corrected chi connectivity index (χ3v) is 5.10. The lowest BCUT2D eigenvalue weighted by atomic mass is 9.75. The molecule has 3 aromatic rings. The molecule has 0 spiro atoms. The molecule has 0 radical (unpaired) electrons. The van der Waals surface area contributed by atoms with Crippen LogP contribution in [0.1, 0.15) is 40.7 Å². The van der Waals surface area contributed by atoms with Crippen molar-refractivity contribution in [3.63, 3.8) is 0 Å². The first-order chi connectivity index (χ1) is 11.1. The SMILES string of the molecule is Cc1cc2[nH]cc(C=O)c2cc1-c1ccc(C2(O)CCC2)cc1. The van der Waals surface area contributed by atoms with Crippen LogP contribution in [0.2, 0.25) is 0 Å². The second-order valence-electron chi connectivity index (χ2n) is 6.54. The smallest absolute Gasteiger partial charge is 0.152 e. The van der Waals surface area contributed by atoms with Gasteiger partial charge in [0.05, 0.1) is 5.60 Å². The maximum absolute atomic E-state index is 11.2. The molecule has 1 fully saturated rings. The fourth-order valence-corrected chi connectivity index (χ4v) is 3.47. The number of fused-ring (bicyclic) bond motifs is 1. The molecule has 3 nitrogen and oxygen atoms in total. The maximum Gasteiger partial charge on any atom is 0.152 e. The Labute approximate surface area is 135 Å². The van der Waals surface area contributed by atoms with E-state index >= 15 is 0 Å². The number of H-pyrrole nitrogens is 1. The zero-order valence-corrected chi connectivity index (χ0v) is 13.1. The van der Waals surface area contributed by atoms with Crippen molar-refractivity contribution in [2.24, 2.45) is 0 Å². The van der Waals surface area contributed by atoms with E-state index in [4.69, 9.17) is 0 Å². The van der Waals surface area contributed by atoms with Crippen LogP contribution in [0.25, 0.3) is 22.0 Å². The highest BCUT2D eigenvalue weighted by atomic mass is 16.3. The molecule has 23 heavy (non-hydrogen) atoms. The van der Waals surface area contributed by atoms with Gasteiger partial charge < -0.3 is 10.1 Å². The molecule has 2 N–H and O–H groups in total. The lowest BCUT2D eigenvalue weighted by Crippen LogP contribution is -2.33. The number of hydrogen-bond donors (Lipinski definition) is 2. The van der Waals surface area contributed by atoms with Crippen molar-refractivity contribution in [1.82, 2.24) is 4.98 Å². The zero-order chi connectivity index (χ0) is 16.0. The van der Waals surface area contributed by atoms with Gasteiger partial charge >= 0.3 is 0 Å². The number of aromatic nitrogens is 1. The number of benzene rings is 2. The van der Waals surface area contributed by atoms with Gasteiger partial charge in [0, 0.05) is 22.7 Å². The predicted octanol–water partition coefficient (Wildman–Crippen LogP) is 4.33. The molecular weight excluding hydrogens is 286 g/mol. The Hall–Kier alpha value is -2.39. The van der Waals surface area contributed by atoms with Crippen molar-refractivity contribution in [1.29, 1.82) is 0 Å². The summed E-state index contributed by atoms with van der Waals surface area (Å²) in [6, 6.07) is 12.3. The Morgan fingerprint density at radius 2 is 1.91 bits per heavy atom. The van der Waals surface area contributed by atoms with Crippen LogP contribution >= 0.6 is 0 Å². The first-order valence-electron chi connectivity index (χ1n) is 8.01. The van der Waals surface area contributed by atoms with Crippen LogP contribution in [-0.2, 0) is 5.60 Å². The van der Waals surface area contributed by atoms with E-state index in [1.807, 2.05) is 12.1 Å². The maximum atomic E-state index is 11.2. The summed E-state index contributed by atoms with van der Waals surface area (Å²) in [5.74, 6) is 0. The standard InChI is InChI=1S/C20H19NO2/c1-13-9-19-18(15(12-22)11-21-19)10-17(13)14-3-5-16(6-4-14)20(23)7-2-8-20/h3-6,9-12,21,23H,2,7-8H2,1H3. The summed E-state index contributed by atoms with van der Waals surface area (Å²) in [4.78, 5) is 14.3. The first kappa shape index (κ1) is 14.2. The van der Waals surface area contributed by atoms with Gasteiger partial charge in [-0.2, -0.15) is 0 Å². The Kier molecular flexibility index (Phi) is 3.13. The van der Waals surface area contributed by atoms with E-state index in [1.165, 1.54) is 0 Å². The fourth-order valence-electron chi connectivity index (χ4n) is 3.47. The van der Waals surface area contributed by atoms with E-state index in [0.29, 0.717) is 5.56 Å². The van der Waals surface area contributed by atoms with Crippen LogP contribution in [0, 0.1) is 6.92 Å². The minimum Gasteiger partial charge on any atom is -0.385 e. The van der Waals surface area contributed by atoms with Crippen molar-refractivity contribution in [2.45, 2.75) is 31.8 Å². The number of aromatic amines is 1. The highest BCUT2D eigenvalue weighted by Crippen LogP contribution is 2.41. The molecule has 4 rings (SSSR count). The summed E-state index contributed by atoms with van der Waals surface area (Å²) in [5, 5.41) is 11.4. The molecule has 0 saturated heterocycles. The van der Waals surface area contributed by atoms with Crippen molar-refractivity contribution in [3.8, 4) is 11.1 Å². The normalized spacial score (nSPS) is 16.3. The highest BCUT2D eigenvalue weighted by Gasteiger charge is 2.35. The van der Waals surface area contributed by atoms with Gasteiger partial charge in [0.1, 0.15) is 0 Å². The number of aryl methyl sites for hydroxylation is 1. The lowest BCUT2D eigenvalue weighted by Gasteiger charge is -2.37. The zero-order valence-electron chi connectivity index (χ0n) is 13.1. The van der Waals surface area contributed by atoms with Crippen LogP contribution in [0.5, 0.6) is 0 Å². The minimum absolute atomic E-state index is 0.622. The van der Waals surface area contributed by atoms with E-state index in [1.54, 1.807) is 6.20 Å². The average molecular weight is 305 g/mol. The van der Waals surface area contributed by atoms with E-state index in [0.717, 1.165) is 58.7 Å². The molecule has 1 aliphatic rings. The monoisotopic (exact) mass is 305 g/mol. The molecule has 0 amide bonds. The minimum atomic E-state index is -0.622. The summed E-state index contributed by atoms with van der Waals surface area (Å²) in [7, 11) is 0. The van der Waals surface area contributed by atoms with Gasteiger partial charge in [0.15, 0.2) is 6.29 Å². The number of carbonyl (C=O) groups is 1. The molecule has 1 saturated carbocycles. The van der Waals surface area contributed by atoms with Gasteiger partial charge in [0.25, 0.3) is 0 Å². The summed E-state index contributed by atoms with van der Waals surface area (Å²) >= 11 is 0. The van der Waals surface area contributed by atoms with Gasteiger partial charge in [-0.15, -0.1) is 0 Å². The van der Waals surface area contributed by atoms with E-state index in [-0.39, 0.29) is 0 Å². The molecule has 0 atom stereocenters. The molecule has 116 valence electrons. The average Bonchev–Trinajstić information content (AvgIpc) is 2.94. The third-order valence-electron chi connectivity index (χ3n) is 5.10. The summed E-state index contributed by atoms with van der Waals surface area (Å²) in [6.07, 6.45) is 5.42. The molecule has 1 heterocycles. The van der Waals surface area contributed by atoms with Crippen molar-refractivity contribution < 1.29 is 9.90 Å². The first-order valence-corrected chi connectivity index (χ1v) is 8.01. The third kappa shape index (κ3) is 2.20.